The van der Waals surface area contributed by atoms with Crippen LogP contribution in [0, 0.1) is 0 Å². The third kappa shape index (κ3) is 3.53. The lowest BCUT2D eigenvalue weighted by Gasteiger charge is -2.05. The second kappa shape index (κ2) is 6.12. The van der Waals surface area contributed by atoms with Gasteiger partial charge in [-0.05, 0) is 42.7 Å². The summed E-state index contributed by atoms with van der Waals surface area (Å²) in [5.74, 6) is 1.60. The van der Waals surface area contributed by atoms with Crippen LogP contribution in [0.2, 0.25) is 0 Å². The molecule has 0 aliphatic rings. The molecule has 0 aliphatic carbocycles. The molecule has 2 aromatic carbocycles. The predicted octanol–water partition coefficient (Wildman–Crippen LogP) is 3.79. The topological polar surface area (TPSA) is 47.6 Å². The van der Waals surface area contributed by atoms with Crippen LogP contribution in [0.5, 0.6) is 11.5 Å². The Bertz CT molecular complexity index is 523. The number of hydrogen-bond donors (Lipinski definition) is 1. The van der Waals surface area contributed by atoms with E-state index in [-0.39, 0.29) is 0 Å². The molecule has 0 unspecified atom stereocenters. The summed E-state index contributed by atoms with van der Waals surface area (Å²) in [6.45, 7) is 0. The molecule has 0 aliphatic heterocycles. The van der Waals surface area contributed by atoms with E-state index in [2.05, 4.69) is 4.99 Å². The quantitative estimate of drug-likeness (QED) is 0.673. The van der Waals surface area contributed by atoms with Gasteiger partial charge in [0, 0.05) is 0 Å². The highest BCUT2D eigenvalue weighted by Crippen LogP contribution is 2.23. The maximum atomic E-state index is 5.68. The minimum absolute atomic E-state index is 0.548. The zero-order valence-corrected chi connectivity index (χ0v) is 10.9. The Morgan fingerprint density at radius 1 is 1.00 bits per heavy atom. The van der Waals surface area contributed by atoms with Gasteiger partial charge in [-0.2, -0.15) is 0 Å². The fourth-order valence-corrected chi connectivity index (χ4v) is 1.58. The molecule has 0 atom stereocenters. The Morgan fingerprint density at radius 3 is 2.22 bits per heavy atom. The number of hydrogen-bond acceptors (Lipinski definition) is 3. The average Bonchev–Trinajstić information content (AvgIpc) is 2.42. The van der Waals surface area contributed by atoms with Crippen LogP contribution in [0.4, 0.5) is 5.69 Å². The highest BCUT2D eigenvalue weighted by atomic mass is 32.2. The minimum atomic E-state index is 0.548. The van der Waals surface area contributed by atoms with E-state index in [1.807, 2.05) is 60.9 Å². The number of benzene rings is 2. The summed E-state index contributed by atoms with van der Waals surface area (Å²) in [5, 5.41) is 0.548. The summed E-state index contributed by atoms with van der Waals surface area (Å²) in [6, 6.07) is 17.2. The van der Waals surface area contributed by atoms with Gasteiger partial charge in [-0.15, -0.1) is 0 Å². The molecule has 0 amide bonds. The van der Waals surface area contributed by atoms with E-state index in [9.17, 15) is 0 Å². The third-order valence-electron chi connectivity index (χ3n) is 2.26. The van der Waals surface area contributed by atoms with Gasteiger partial charge in [0.2, 0.25) is 0 Å². The van der Waals surface area contributed by atoms with Gasteiger partial charge in [0.15, 0.2) is 5.17 Å². The van der Waals surface area contributed by atoms with Crippen LogP contribution in [-0.2, 0) is 0 Å². The number of para-hydroxylation sites is 1. The average molecular weight is 258 g/mol. The molecule has 0 bridgehead atoms. The number of thioether (sulfide) groups is 1. The van der Waals surface area contributed by atoms with E-state index in [1.54, 1.807) is 0 Å². The van der Waals surface area contributed by atoms with Crippen LogP contribution >= 0.6 is 11.8 Å². The van der Waals surface area contributed by atoms with Gasteiger partial charge in [-0.1, -0.05) is 30.0 Å². The van der Waals surface area contributed by atoms with Gasteiger partial charge in [0.1, 0.15) is 11.5 Å². The van der Waals surface area contributed by atoms with Gasteiger partial charge in [0.05, 0.1) is 5.69 Å². The molecule has 0 spiro atoms. The van der Waals surface area contributed by atoms with E-state index in [1.165, 1.54) is 11.8 Å². The molecule has 0 radical (unpaired) electrons. The summed E-state index contributed by atoms with van der Waals surface area (Å²) >= 11 is 1.42. The second-order valence-electron chi connectivity index (χ2n) is 3.56. The van der Waals surface area contributed by atoms with Crippen LogP contribution in [-0.4, -0.2) is 11.4 Å². The third-order valence-corrected chi connectivity index (χ3v) is 2.77. The Hall–Kier alpha value is -1.94. The van der Waals surface area contributed by atoms with Crippen molar-refractivity contribution in [2.45, 2.75) is 0 Å². The fourth-order valence-electron chi connectivity index (χ4n) is 1.39. The predicted molar refractivity (Wildman–Crippen MR) is 77.8 cm³/mol. The van der Waals surface area contributed by atoms with E-state index in [0.29, 0.717) is 5.17 Å². The van der Waals surface area contributed by atoms with E-state index in [4.69, 9.17) is 10.5 Å². The van der Waals surface area contributed by atoms with Crippen molar-refractivity contribution in [1.29, 1.82) is 0 Å². The van der Waals surface area contributed by atoms with Gasteiger partial charge in [-0.25, -0.2) is 4.99 Å². The Labute approximate surface area is 111 Å². The van der Waals surface area contributed by atoms with Gasteiger partial charge in [-0.3, -0.25) is 0 Å². The number of nitrogens with zero attached hydrogens (tertiary/aromatic N) is 1. The van der Waals surface area contributed by atoms with Gasteiger partial charge in [0.25, 0.3) is 0 Å². The molecule has 2 N–H and O–H groups in total. The van der Waals surface area contributed by atoms with Crippen LogP contribution in [0.15, 0.2) is 59.6 Å². The summed E-state index contributed by atoms with van der Waals surface area (Å²) < 4.78 is 5.68. The molecule has 2 aromatic rings. The maximum Gasteiger partial charge on any atom is 0.158 e. The Kier molecular flexibility index (Phi) is 4.25. The first kappa shape index (κ1) is 12.5. The maximum absolute atomic E-state index is 5.68. The molecular formula is C14H14N2OS. The van der Waals surface area contributed by atoms with Crippen molar-refractivity contribution in [2.24, 2.45) is 10.7 Å². The minimum Gasteiger partial charge on any atom is -0.457 e. The Balaban J connectivity index is 2.09. The Morgan fingerprint density at radius 2 is 1.61 bits per heavy atom. The van der Waals surface area contributed by atoms with E-state index < -0.39 is 0 Å². The van der Waals surface area contributed by atoms with Crippen LogP contribution in [0.1, 0.15) is 0 Å². The van der Waals surface area contributed by atoms with Crippen molar-refractivity contribution in [3.63, 3.8) is 0 Å². The normalized spacial score (nSPS) is 11.3. The number of nitrogens with two attached hydrogens (primary N) is 1. The van der Waals surface area contributed by atoms with Crippen molar-refractivity contribution in [3.05, 3.63) is 54.6 Å². The fraction of sp³-hybridized carbons (Fsp3) is 0.0714. The van der Waals surface area contributed by atoms with Crippen LogP contribution in [0.3, 0.4) is 0 Å². The molecule has 0 fully saturated rings. The zero-order valence-electron chi connectivity index (χ0n) is 10.0. The van der Waals surface area contributed by atoms with E-state index >= 15 is 0 Å². The summed E-state index contributed by atoms with van der Waals surface area (Å²) in [6.07, 6.45) is 1.89. The SMILES string of the molecule is CSC(N)=Nc1ccc(Oc2ccccc2)cc1. The highest BCUT2D eigenvalue weighted by molar-refractivity contribution is 8.13. The van der Waals surface area contributed by atoms with Gasteiger partial charge < -0.3 is 10.5 Å². The monoisotopic (exact) mass is 258 g/mol. The number of rotatable bonds is 3. The number of ether oxygens (including phenoxy) is 1. The van der Waals surface area contributed by atoms with Gasteiger partial charge >= 0.3 is 0 Å². The molecule has 0 aromatic heterocycles. The largest absolute Gasteiger partial charge is 0.457 e. The number of aliphatic imine (C=N–C) groups is 1. The molecular weight excluding hydrogens is 244 g/mol. The number of amidine groups is 1. The first-order valence-corrected chi connectivity index (χ1v) is 6.71. The van der Waals surface area contributed by atoms with Crippen molar-refractivity contribution < 1.29 is 4.74 Å². The molecule has 0 saturated heterocycles. The van der Waals surface area contributed by atoms with Crippen LogP contribution < -0.4 is 10.5 Å². The molecule has 3 nitrogen and oxygen atoms in total. The highest BCUT2D eigenvalue weighted by Gasteiger charge is 1.97. The summed E-state index contributed by atoms with van der Waals surface area (Å²) in [7, 11) is 0. The standard InChI is InChI=1S/C14H14N2OS/c1-18-14(15)16-11-7-9-13(10-8-11)17-12-5-3-2-4-6-12/h2-10H,1H3,(H2,15,16). The lowest BCUT2D eigenvalue weighted by atomic mass is 10.3. The molecule has 18 heavy (non-hydrogen) atoms. The molecule has 2 rings (SSSR count). The molecule has 0 heterocycles. The summed E-state index contributed by atoms with van der Waals surface area (Å²) in [4.78, 5) is 4.23. The molecule has 0 saturated carbocycles. The van der Waals surface area contributed by atoms with Crippen molar-refractivity contribution in [2.75, 3.05) is 6.26 Å². The first-order valence-electron chi connectivity index (χ1n) is 5.49. The van der Waals surface area contributed by atoms with Crippen molar-refractivity contribution in [3.8, 4) is 11.5 Å². The second-order valence-corrected chi connectivity index (χ2v) is 4.39. The van der Waals surface area contributed by atoms with Crippen LogP contribution in [0.25, 0.3) is 0 Å². The van der Waals surface area contributed by atoms with Crippen molar-refractivity contribution in [1.82, 2.24) is 0 Å². The lowest BCUT2D eigenvalue weighted by molar-refractivity contribution is 0.483. The lowest BCUT2D eigenvalue weighted by Crippen LogP contribution is -2.03. The van der Waals surface area contributed by atoms with Crippen molar-refractivity contribution >= 4 is 22.6 Å². The van der Waals surface area contributed by atoms with E-state index in [0.717, 1.165) is 17.2 Å². The zero-order chi connectivity index (χ0) is 12.8. The molecule has 4 heteroatoms. The smallest absolute Gasteiger partial charge is 0.158 e. The molecule has 92 valence electrons. The first-order chi connectivity index (χ1) is 8.78. The summed E-state index contributed by atoms with van der Waals surface area (Å²) in [5.41, 5.74) is 6.47.